The highest BCUT2D eigenvalue weighted by atomic mass is 19.4. The number of aromatic nitrogens is 1. The molecule has 27 heavy (non-hydrogen) atoms. The largest absolute Gasteiger partial charge is 0.490 e. The van der Waals surface area contributed by atoms with Crippen LogP contribution in [0.5, 0.6) is 0 Å². The van der Waals surface area contributed by atoms with Crippen molar-refractivity contribution in [3.05, 3.63) is 17.0 Å². The number of hydrogen-bond acceptors (Lipinski definition) is 6. The fourth-order valence-electron chi connectivity index (χ4n) is 3.51. The highest BCUT2D eigenvalue weighted by Crippen LogP contribution is 2.33. The molecule has 0 spiro atoms. The minimum absolute atomic E-state index is 0.226. The van der Waals surface area contributed by atoms with Crippen molar-refractivity contribution < 1.29 is 37.1 Å². The van der Waals surface area contributed by atoms with E-state index in [-0.39, 0.29) is 12.2 Å². The molecule has 0 amide bonds. The third kappa shape index (κ3) is 5.43. The van der Waals surface area contributed by atoms with Gasteiger partial charge in [-0.2, -0.15) is 13.2 Å². The normalized spacial score (nSPS) is 25.6. The highest BCUT2D eigenvalue weighted by molar-refractivity contribution is 5.73. The first kappa shape index (κ1) is 21.6. The van der Waals surface area contributed by atoms with E-state index in [1.807, 2.05) is 13.8 Å². The van der Waals surface area contributed by atoms with Gasteiger partial charge in [-0.25, -0.2) is 4.79 Å². The Morgan fingerprint density at radius 3 is 2.56 bits per heavy atom. The van der Waals surface area contributed by atoms with Crippen LogP contribution in [-0.4, -0.2) is 65.3 Å². The van der Waals surface area contributed by atoms with Crippen LogP contribution in [0.15, 0.2) is 4.52 Å². The van der Waals surface area contributed by atoms with Gasteiger partial charge >= 0.3 is 12.1 Å². The lowest BCUT2D eigenvalue weighted by atomic mass is 10.1. The maximum absolute atomic E-state index is 10.6. The molecule has 1 aromatic heterocycles. The summed E-state index contributed by atoms with van der Waals surface area (Å²) in [5.74, 6) is -1.82. The second-order valence-corrected chi connectivity index (χ2v) is 6.55. The Hall–Kier alpha value is -1.65. The quantitative estimate of drug-likeness (QED) is 0.840. The van der Waals surface area contributed by atoms with Gasteiger partial charge in [-0.3, -0.25) is 4.90 Å². The molecule has 1 saturated carbocycles. The van der Waals surface area contributed by atoms with Crippen LogP contribution in [0, 0.1) is 13.8 Å². The van der Waals surface area contributed by atoms with E-state index in [1.54, 1.807) is 0 Å². The van der Waals surface area contributed by atoms with Crippen molar-refractivity contribution in [3.63, 3.8) is 0 Å². The summed E-state index contributed by atoms with van der Waals surface area (Å²) in [6.07, 6.45) is -2.35. The van der Waals surface area contributed by atoms with Crippen LogP contribution in [-0.2, 0) is 20.8 Å². The lowest BCUT2D eigenvalue weighted by Gasteiger charge is -2.39. The average molecular weight is 394 g/mol. The topological polar surface area (TPSA) is 85.0 Å². The fraction of sp³-hybridized carbons (Fsp3) is 0.765. The standard InChI is InChI=1S/C15H24N2O3.C2HF3O2/c1-4-18-14-6-5-13-15(14)19-8-7-17(13)9-12-10(2)16-20-11(12)3;3-2(4,5)1(6)7/h13-15H,4-9H2,1-3H3;(H,6,7)/t13-,14-,15+;/m0./s1. The maximum atomic E-state index is 10.6. The Morgan fingerprint density at radius 1 is 1.37 bits per heavy atom. The summed E-state index contributed by atoms with van der Waals surface area (Å²) < 4.78 is 48.8. The summed E-state index contributed by atoms with van der Waals surface area (Å²) in [6, 6.07) is 0.467. The van der Waals surface area contributed by atoms with Crippen molar-refractivity contribution in [2.45, 2.75) is 64.6 Å². The van der Waals surface area contributed by atoms with E-state index in [4.69, 9.17) is 23.9 Å². The summed E-state index contributed by atoms with van der Waals surface area (Å²) >= 11 is 0. The van der Waals surface area contributed by atoms with Gasteiger partial charge in [0.2, 0.25) is 0 Å². The van der Waals surface area contributed by atoms with E-state index in [0.29, 0.717) is 6.04 Å². The zero-order valence-electron chi connectivity index (χ0n) is 15.6. The molecule has 1 aromatic rings. The maximum Gasteiger partial charge on any atom is 0.490 e. The number of halogens is 3. The third-order valence-corrected chi connectivity index (χ3v) is 4.82. The van der Waals surface area contributed by atoms with Gasteiger partial charge < -0.3 is 19.1 Å². The molecular weight excluding hydrogens is 369 g/mol. The van der Waals surface area contributed by atoms with Gasteiger partial charge in [0.15, 0.2) is 0 Å². The molecule has 10 heteroatoms. The molecule has 1 aliphatic carbocycles. The number of ether oxygens (including phenoxy) is 2. The Morgan fingerprint density at radius 2 is 2.04 bits per heavy atom. The SMILES string of the molecule is CCO[C@H]1CC[C@H]2[C@H]1OCCN2Cc1c(C)noc1C.O=C(O)C(F)(F)F. The van der Waals surface area contributed by atoms with Gasteiger partial charge in [-0.15, -0.1) is 0 Å². The lowest BCUT2D eigenvalue weighted by molar-refractivity contribution is -0.192. The van der Waals surface area contributed by atoms with Crippen LogP contribution in [0.2, 0.25) is 0 Å². The van der Waals surface area contributed by atoms with Gasteiger partial charge in [0.05, 0.1) is 24.5 Å². The molecule has 0 bridgehead atoms. The molecule has 0 unspecified atom stereocenters. The van der Waals surface area contributed by atoms with Crippen molar-refractivity contribution >= 4 is 5.97 Å². The molecule has 2 fully saturated rings. The zero-order chi connectivity index (χ0) is 20.2. The first-order chi connectivity index (χ1) is 12.6. The van der Waals surface area contributed by atoms with E-state index in [2.05, 4.69) is 17.0 Å². The molecule has 154 valence electrons. The van der Waals surface area contributed by atoms with Crippen LogP contribution < -0.4 is 0 Å². The molecule has 2 aliphatic rings. The smallest absolute Gasteiger partial charge is 0.475 e. The number of rotatable bonds is 4. The molecule has 1 aliphatic heterocycles. The molecular formula is C17H25F3N2O5. The number of nitrogens with zero attached hydrogens (tertiary/aromatic N) is 2. The Kier molecular flexibility index (Phi) is 7.24. The fourth-order valence-corrected chi connectivity index (χ4v) is 3.51. The molecule has 1 N–H and O–H groups in total. The summed E-state index contributed by atoms with van der Waals surface area (Å²) in [4.78, 5) is 11.4. The van der Waals surface area contributed by atoms with Crippen molar-refractivity contribution in [1.82, 2.24) is 10.1 Å². The Bertz CT molecular complexity index is 615. The van der Waals surface area contributed by atoms with E-state index >= 15 is 0 Å². The van der Waals surface area contributed by atoms with Gasteiger partial charge in [0.1, 0.15) is 5.76 Å². The minimum Gasteiger partial charge on any atom is -0.475 e. The summed E-state index contributed by atoms with van der Waals surface area (Å²) in [6.45, 7) is 9.49. The van der Waals surface area contributed by atoms with Crippen LogP contribution in [0.3, 0.4) is 0 Å². The lowest BCUT2D eigenvalue weighted by Crippen LogP contribution is -2.51. The van der Waals surface area contributed by atoms with Gasteiger partial charge in [0, 0.05) is 31.3 Å². The summed E-state index contributed by atoms with van der Waals surface area (Å²) in [5, 5.41) is 11.2. The van der Waals surface area contributed by atoms with Gasteiger partial charge in [0.25, 0.3) is 0 Å². The molecule has 3 atom stereocenters. The predicted molar refractivity (Wildman–Crippen MR) is 88.3 cm³/mol. The number of carbonyl (C=O) groups is 1. The summed E-state index contributed by atoms with van der Waals surface area (Å²) in [7, 11) is 0. The Labute approximate surface area is 155 Å². The van der Waals surface area contributed by atoms with Gasteiger partial charge in [-0.05, 0) is 33.6 Å². The molecule has 2 heterocycles. The van der Waals surface area contributed by atoms with Crippen LogP contribution in [0.1, 0.15) is 36.8 Å². The molecule has 0 radical (unpaired) electrons. The van der Waals surface area contributed by atoms with E-state index in [9.17, 15) is 13.2 Å². The minimum atomic E-state index is -5.08. The first-order valence-electron chi connectivity index (χ1n) is 8.84. The number of morpholine rings is 1. The van der Waals surface area contributed by atoms with E-state index in [0.717, 1.165) is 50.6 Å². The number of hydrogen-bond donors (Lipinski definition) is 1. The average Bonchev–Trinajstić information content (AvgIpc) is 3.14. The number of fused-ring (bicyclic) bond motifs is 1. The number of alkyl halides is 3. The molecule has 3 rings (SSSR count). The highest BCUT2D eigenvalue weighted by Gasteiger charge is 2.43. The van der Waals surface area contributed by atoms with Gasteiger partial charge in [-0.1, -0.05) is 5.16 Å². The second-order valence-electron chi connectivity index (χ2n) is 6.55. The van der Waals surface area contributed by atoms with Crippen molar-refractivity contribution in [2.24, 2.45) is 0 Å². The first-order valence-corrected chi connectivity index (χ1v) is 8.84. The molecule has 0 aromatic carbocycles. The Balaban J connectivity index is 0.000000321. The van der Waals surface area contributed by atoms with Crippen molar-refractivity contribution in [2.75, 3.05) is 19.8 Å². The zero-order valence-corrected chi connectivity index (χ0v) is 15.6. The van der Waals surface area contributed by atoms with E-state index in [1.165, 1.54) is 5.56 Å². The van der Waals surface area contributed by atoms with Crippen molar-refractivity contribution in [1.29, 1.82) is 0 Å². The molecule has 1 saturated heterocycles. The van der Waals surface area contributed by atoms with Crippen LogP contribution in [0.25, 0.3) is 0 Å². The number of aliphatic carboxylic acids is 1. The monoisotopic (exact) mass is 394 g/mol. The van der Waals surface area contributed by atoms with Crippen LogP contribution in [0.4, 0.5) is 13.2 Å². The number of aryl methyl sites for hydroxylation is 2. The number of carboxylic acid groups (broad SMARTS) is 1. The predicted octanol–water partition coefficient (Wildman–Crippen LogP) is 2.69. The second kappa shape index (κ2) is 9.03. The molecule has 7 nitrogen and oxygen atoms in total. The van der Waals surface area contributed by atoms with E-state index < -0.39 is 12.1 Å². The summed E-state index contributed by atoms with van der Waals surface area (Å²) in [5.41, 5.74) is 2.23. The van der Waals surface area contributed by atoms with Crippen LogP contribution >= 0.6 is 0 Å². The van der Waals surface area contributed by atoms with Crippen molar-refractivity contribution in [3.8, 4) is 0 Å². The number of carboxylic acids is 1. The third-order valence-electron chi connectivity index (χ3n) is 4.82.